The number of carbonyl (C=O) groups is 3. The van der Waals surface area contributed by atoms with Crippen LogP contribution >= 0.6 is 0 Å². The van der Waals surface area contributed by atoms with Gasteiger partial charge in [0.05, 0.1) is 40.3 Å². The summed E-state index contributed by atoms with van der Waals surface area (Å²) in [4.78, 5) is 37.3. The highest BCUT2D eigenvalue weighted by Crippen LogP contribution is 2.14. The van der Waals surface area contributed by atoms with Crippen molar-refractivity contribution in [2.24, 2.45) is 0 Å². The second kappa shape index (κ2) is 58.6. The summed E-state index contributed by atoms with van der Waals surface area (Å²) >= 11 is 0. The average molecular weight is 1080 g/mol. The summed E-state index contributed by atoms with van der Waals surface area (Å²) in [5, 5.41) is 11.8. The number of esters is 2. The molecule has 2 atom stereocenters. The molecule has 0 aliphatic heterocycles. The molecule has 0 bridgehead atoms. The van der Waals surface area contributed by atoms with Crippen molar-refractivity contribution in [3.05, 3.63) is 134 Å². The summed E-state index contributed by atoms with van der Waals surface area (Å²) < 4.78 is 22.7. The van der Waals surface area contributed by atoms with Gasteiger partial charge in [0.25, 0.3) is 0 Å². The molecule has 0 fully saturated rings. The van der Waals surface area contributed by atoms with Crippen LogP contribution in [0.4, 0.5) is 0 Å². The number of likely N-dealkylation sites (N-methyl/N-ethyl adjacent to an activating group) is 1. The third-order valence-electron chi connectivity index (χ3n) is 12.6. The number of ether oxygens (including phenoxy) is 4. The minimum absolute atomic E-state index is 0.137. The van der Waals surface area contributed by atoms with Crippen molar-refractivity contribution in [1.82, 2.24) is 0 Å². The number of unbranched alkanes of at least 4 members (excludes halogenated alkanes) is 18. The van der Waals surface area contributed by atoms with Crippen LogP contribution in [0.3, 0.4) is 0 Å². The minimum Gasteiger partial charge on any atom is -0.545 e. The molecule has 0 amide bonds. The number of nitrogens with zero attached hydrogens (tertiary/aromatic N) is 1. The van der Waals surface area contributed by atoms with Crippen LogP contribution in [0.25, 0.3) is 0 Å². The van der Waals surface area contributed by atoms with Crippen LogP contribution in [0.15, 0.2) is 134 Å². The fraction of sp³-hybridized carbons (Fsp3) is 0.638. The lowest BCUT2D eigenvalue weighted by Gasteiger charge is -2.26. The maximum absolute atomic E-state index is 12.9. The number of carboxylic acid groups (broad SMARTS) is 1. The molecule has 0 saturated carbocycles. The van der Waals surface area contributed by atoms with Gasteiger partial charge in [-0.05, 0) is 116 Å². The van der Waals surface area contributed by atoms with Crippen molar-refractivity contribution in [3.63, 3.8) is 0 Å². The molecular weight excluding hydrogens is 971 g/mol. The number of hydrogen-bond acceptors (Lipinski definition) is 8. The first kappa shape index (κ1) is 73.4. The van der Waals surface area contributed by atoms with Crippen LogP contribution < -0.4 is 5.11 Å². The predicted molar refractivity (Wildman–Crippen MR) is 329 cm³/mol. The molecule has 0 aromatic rings. The zero-order chi connectivity index (χ0) is 56.9. The maximum Gasteiger partial charge on any atom is 0.306 e. The molecule has 0 N–H and O–H groups in total. The fourth-order valence-electron chi connectivity index (χ4n) is 7.91. The largest absolute Gasteiger partial charge is 0.545 e. The highest BCUT2D eigenvalue weighted by Gasteiger charge is 2.22. The molecule has 0 spiro atoms. The van der Waals surface area contributed by atoms with E-state index < -0.39 is 24.3 Å². The van der Waals surface area contributed by atoms with Crippen LogP contribution in [-0.4, -0.2) is 82.3 Å². The van der Waals surface area contributed by atoms with Crippen LogP contribution in [0, 0.1) is 0 Å². The van der Waals surface area contributed by atoms with Crippen molar-refractivity contribution < 1.29 is 42.9 Å². The lowest BCUT2D eigenvalue weighted by molar-refractivity contribution is -0.870. The monoisotopic (exact) mass is 1080 g/mol. The van der Waals surface area contributed by atoms with Gasteiger partial charge in [0.2, 0.25) is 0 Å². The molecule has 0 aliphatic carbocycles. The van der Waals surface area contributed by atoms with Gasteiger partial charge in [-0.25, -0.2) is 0 Å². The molecule has 9 nitrogen and oxygen atoms in total. The summed E-state index contributed by atoms with van der Waals surface area (Å²) in [6.07, 6.45) is 80.8. The Morgan fingerprint density at radius 2 is 0.731 bits per heavy atom. The molecule has 0 radical (unpaired) electrons. The highest BCUT2D eigenvalue weighted by atomic mass is 16.7. The van der Waals surface area contributed by atoms with Crippen LogP contribution in [-0.2, 0) is 33.3 Å². The van der Waals surface area contributed by atoms with E-state index in [0.717, 1.165) is 141 Å². The number of carbonyl (C=O) groups excluding carboxylic acids is 3. The fourth-order valence-corrected chi connectivity index (χ4v) is 7.91. The number of aliphatic carboxylic acids is 1. The van der Waals surface area contributed by atoms with E-state index >= 15 is 0 Å². The van der Waals surface area contributed by atoms with Gasteiger partial charge in [0.1, 0.15) is 13.2 Å². The van der Waals surface area contributed by atoms with E-state index in [1.54, 1.807) is 0 Å². The molecule has 0 heterocycles. The van der Waals surface area contributed by atoms with Crippen molar-refractivity contribution >= 4 is 17.9 Å². The summed E-state index contributed by atoms with van der Waals surface area (Å²) in [6, 6.07) is 0. The number of carboxylic acids is 1. The van der Waals surface area contributed by atoms with Gasteiger partial charge in [-0.1, -0.05) is 231 Å². The lowest BCUT2D eigenvalue weighted by Crippen LogP contribution is -2.44. The maximum atomic E-state index is 12.9. The van der Waals surface area contributed by atoms with E-state index in [1.807, 2.05) is 21.1 Å². The minimum atomic E-state index is -1.64. The highest BCUT2D eigenvalue weighted by molar-refractivity contribution is 5.70. The van der Waals surface area contributed by atoms with Crippen LogP contribution in [0.5, 0.6) is 0 Å². The molecule has 9 heteroatoms. The van der Waals surface area contributed by atoms with E-state index in [1.165, 1.54) is 51.4 Å². The molecule has 2 unspecified atom stereocenters. The number of allylic oxidation sites excluding steroid dienone is 22. The molecule has 0 aromatic heterocycles. The first-order valence-corrected chi connectivity index (χ1v) is 30.8. The van der Waals surface area contributed by atoms with E-state index in [0.29, 0.717) is 17.4 Å². The topological polar surface area (TPSA) is 111 Å². The van der Waals surface area contributed by atoms with Gasteiger partial charge in [0, 0.05) is 12.8 Å². The Hall–Kier alpha value is -4.57. The Kier molecular flexibility index (Phi) is 55.1. The van der Waals surface area contributed by atoms with Crippen molar-refractivity contribution in [1.29, 1.82) is 0 Å². The molecular formula is C69H113NO8. The zero-order valence-corrected chi connectivity index (χ0v) is 50.2. The SMILES string of the molecule is CC/C=C\C/C=C\C/C=C\C/C=C\C/C=C\C/C=C\C/C=C\C/C=C\C/C=C\C/C=C\CCCCCCCCC(=O)OC(COC(=O)CCCCCCC/C=C\CCCCCCCCC)COC(OCC[N+](C)(C)C)C(=O)[O-]. The first-order chi connectivity index (χ1) is 38.1. The van der Waals surface area contributed by atoms with Gasteiger partial charge in [-0.15, -0.1) is 0 Å². The quantitative estimate of drug-likeness (QED) is 0.0195. The van der Waals surface area contributed by atoms with Crippen LogP contribution in [0.1, 0.15) is 226 Å². The predicted octanol–water partition coefficient (Wildman–Crippen LogP) is 17.3. The Morgan fingerprint density at radius 3 is 1.10 bits per heavy atom. The molecule has 0 aromatic carbocycles. The molecule has 0 rings (SSSR count). The van der Waals surface area contributed by atoms with Gasteiger partial charge >= 0.3 is 11.9 Å². The summed E-state index contributed by atoms with van der Waals surface area (Å²) in [6.45, 7) is 4.59. The summed E-state index contributed by atoms with van der Waals surface area (Å²) in [5.41, 5.74) is 0. The van der Waals surface area contributed by atoms with Crippen molar-refractivity contribution in [3.8, 4) is 0 Å². The third-order valence-corrected chi connectivity index (χ3v) is 12.6. The number of rotatable bonds is 55. The Balaban J connectivity index is 4.25. The van der Waals surface area contributed by atoms with Crippen molar-refractivity contribution in [2.45, 2.75) is 238 Å². The van der Waals surface area contributed by atoms with Gasteiger partial charge < -0.3 is 33.3 Å². The molecule has 442 valence electrons. The summed E-state index contributed by atoms with van der Waals surface area (Å²) in [7, 11) is 5.90. The van der Waals surface area contributed by atoms with Crippen molar-refractivity contribution in [2.75, 3.05) is 47.5 Å². The summed E-state index contributed by atoms with van der Waals surface area (Å²) in [5.74, 6) is -2.33. The van der Waals surface area contributed by atoms with E-state index in [9.17, 15) is 19.5 Å². The molecule has 78 heavy (non-hydrogen) atoms. The molecule has 0 aliphatic rings. The van der Waals surface area contributed by atoms with E-state index in [4.69, 9.17) is 18.9 Å². The van der Waals surface area contributed by atoms with Crippen LogP contribution in [0.2, 0.25) is 0 Å². The van der Waals surface area contributed by atoms with E-state index in [-0.39, 0.29) is 38.6 Å². The number of quaternary nitrogens is 1. The van der Waals surface area contributed by atoms with Gasteiger partial charge in [-0.2, -0.15) is 0 Å². The van der Waals surface area contributed by atoms with E-state index in [2.05, 4.69) is 148 Å². The number of hydrogen-bond donors (Lipinski definition) is 0. The molecule has 0 saturated heterocycles. The average Bonchev–Trinajstić information content (AvgIpc) is 3.41. The zero-order valence-electron chi connectivity index (χ0n) is 50.2. The second-order valence-corrected chi connectivity index (χ2v) is 21.3. The lowest BCUT2D eigenvalue weighted by atomic mass is 10.1. The standard InChI is InChI=1S/C69H113NO8/c1-6-8-10-12-14-16-18-20-22-24-25-26-27-28-29-30-31-32-33-34-35-36-37-38-39-40-41-42-43-44-46-48-50-52-54-56-58-60-67(72)78-65(64-77-69(68(73)74)75-62-61-70(3,4)5)63-76-66(71)59-57-55-53-51-49-47-45-23-21-19-17-15-13-11-9-7-2/h8,10,14,16,20,22-23,25-26,28-29,31-32,34-35,37-38,40-41,43-45,65,69H,6-7,9,11-13,15,17-19,21,24,27,30,33,36,39,42,46-64H2,1-5H3/b10-8-,16-14-,22-20-,26-25-,29-28-,32-31-,35-34-,38-37-,41-40-,44-43-,45-23-. The smallest absolute Gasteiger partial charge is 0.306 e. The Labute approximate surface area is 478 Å². The normalized spacial score (nSPS) is 13.7. The van der Waals surface area contributed by atoms with Gasteiger partial charge in [0.15, 0.2) is 12.4 Å². The van der Waals surface area contributed by atoms with Gasteiger partial charge in [-0.3, -0.25) is 9.59 Å². The third kappa shape index (κ3) is 59.1. The Bertz CT molecular complexity index is 1740. The second-order valence-electron chi connectivity index (χ2n) is 21.3. The first-order valence-electron chi connectivity index (χ1n) is 30.8. The Morgan fingerprint density at radius 1 is 0.397 bits per heavy atom.